The molecule has 0 amide bonds. The standard InChI is InChI=1S/C15H15BrO3/c1-5-7-11(6-2)19-14-9-12(15(17)18-4)10(3)8-13(14)16/h5-9H,1-2H2,3-4H3/b11-7+. The van der Waals surface area contributed by atoms with Crippen molar-refractivity contribution in [3.8, 4) is 5.75 Å². The largest absolute Gasteiger partial charge is 0.465 e. The van der Waals surface area contributed by atoms with Gasteiger partial charge in [-0.3, -0.25) is 0 Å². The number of ether oxygens (including phenoxy) is 2. The van der Waals surface area contributed by atoms with Crippen molar-refractivity contribution in [1.82, 2.24) is 0 Å². The van der Waals surface area contributed by atoms with Crippen LogP contribution in [0, 0.1) is 6.92 Å². The Kier molecular flexibility index (Phi) is 5.57. The number of esters is 1. The Bertz CT molecular complexity index is 545. The molecule has 100 valence electrons. The zero-order valence-electron chi connectivity index (χ0n) is 10.9. The first-order chi connectivity index (χ1) is 9.03. The van der Waals surface area contributed by atoms with Gasteiger partial charge in [0.25, 0.3) is 0 Å². The fraction of sp³-hybridized carbons (Fsp3) is 0.133. The second-order valence-electron chi connectivity index (χ2n) is 3.70. The maximum absolute atomic E-state index is 11.6. The summed E-state index contributed by atoms with van der Waals surface area (Å²) < 4.78 is 11.1. The molecular weight excluding hydrogens is 308 g/mol. The zero-order valence-corrected chi connectivity index (χ0v) is 12.5. The van der Waals surface area contributed by atoms with E-state index < -0.39 is 5.97 Å². The highest BCUT2D eigenvalue weighted by molar-refractivity contribution is 9.10. The minimum atomic E-state index is -0.400. The lowest BCUT2D eigenvalue weighted by Crippen LogP contribution is -2.05. The van der Waals surface area contributed by atoms with Gasteiger partial charge >= 0.3 is 5.97 Å². The molecule has 1 rings (SSSR count). The van der Waals surface area contributed by atoms with E-state index in [9.17, 15) is 4.79 Å². The molecule has 3 nitrogen and oxygen atoms in total. The highest BCUT2D eigenvalue weighted by atomic mass is 79.9. The number of methoxy groups -OCH3 is 1. The quantitative estimate of drug-likeness (QED) is 0.463. The average Bonchev–Trinajstić information content (AvgIpc) is 2.40. The van der Waals surface area contributed by atoms with Gasteiger partial charge in [-0.2, -0.15) is 0 Å². The first-order valence-electron chi connectivity index (χ1n) is 5.55. The van der Waals surface area contributed by atoms with E-state index in [0.29, 0.717) is 17.1 Å². The van der Waals surface area contributed by atoms with E-state index in [2.05, 4.69) is 29.1 Å². The van der Waals surface area contributed by atoms with Crippen LogP contribution in [-0.2, 0) is 4.74 Å². The lowest BCUT2D eigenvalue weighted by atomic mass is 10.1. The molecule has 0 N–H and O–H groups in total. The molecule has 0 bridgehead atoms. The van der Waals surface area contributed by atoms with Gasteiger partial charge < -0.3 is 9.47 Å². The summed E-state index contributed by atoms with van der Waals surface area (Å²) in [6.45, 7) is 9.07. The Morgan fingerprint density at radius 2 is 2.05 bits per heavy atom. The zero-order chi connectivity index (χ0) is 14.4. The first kappa shape index (κ1) is 15.2. The molecule has 1 aromatic carbocycles. The minimum absolute atomic E-state index is 0.400. The van der Waals surface area contributed by atoms with Gasteiger partial charge in [-0.15, -0.1) is 0 Å². The molecule has 0 aromatic heterocycles. The number of benzene rings is 1. The van der Waals surface area contributed by atoms with Gasteiger partial charge in [-0.05, 0) is 52.7 Å². The van der Waals surface area contributed by atoms with Crippen molar-refractivity contribution < 1.29 is 14.3 Å². The molecule has 0 unspecified atom stereocenters. The summed E-state index contributed by atoms with van der Waals surface area (Å²) in [5, 5.41) is 0. The molecule has 0 aliphatic rings. The number of carbonyl (C=O) groups excluding carboxylic acids is 1. The Balaban J connectivity index is 3.21. The number of carbonyl (C=O) groups is 1. The van der Waals surface area contributed by atoms with Crippen LogP contribution in [0.3, 0.4) is 0 Å². The van der Waals surface area contributed by atoms with Crippen LogP contribution in [0.25, 0.3) is 0 Å². The summed E-state index contributed by atoms with van der Waals surface area (Å²) in [6, 6.07) is 3.43. The minimum Gasteiger partial charge on any atom is -0.465 e. The lowest BCUT2D eigenvalue weighted by Gasteiger charge is -2.11. The van der Waals surface area contributed by atoms with Gasteiger partial charge in [0.1, 0.15) is 11.5 Å². The summed E-state index contributed by atoms with van der Waals surface area (Å²) >= 11 is 3.40. The molecule has 0 fully saturated rings. The monoisotopic (exact) mass is 322 g/mol. The van der Waals surface area contributed by atoms with Crippen molar-refractivity contribution in [2.24, 2.45) is 0 Å². The number of rotatable bonds is 5. The van der Waals surface area contributed by atoms with Crippen LogP contribution in [0.5, 0.6) is 5.75 Å². The van der Waals surface area contributed by atoms with Gasteiger partial charge in [0.15, 0.2) is 0 Å². The number of allylic oxidation sites excluding steroid dienone is 3. The highest BCUT2D eigenvalue weighted by Gasteiger charge is 2.14. The summed E-state index contributed by atoms with van der Waals surface area (Å²) in [5.41, 5.74) is 1.27. The topological polar surface area (TPSA) is 35.5 Å². The Morgan fingerprint density at radius 1 is 1.37 bits per heavy atom. The molecule has 0 radical (unpaired) electrons. The van der Waals surface area contributed by atoms with Gasteiger partial charge in [0, 0.05) is 0 Å². The number of aryl methyl sites for hydroxylation is 1. The molecule has 0 heterocycles. The van der Waals surface area contributed by atoms with E-state index in [1.807, 2.05) is 6.92 Å². The smallest absolute Gasteiger partial charge is 0.338 e. The van der Waals surface area contributed by atoms with Crippen molar-refractivity contribution in [2.75, 3.05) is 7.11 Å². The Morgan fingerprint density at radius 3 is 2.58 bits per heavy atom. The van der Waals surface area contributed by atoms with Gasteiger partial charge in [0.2, 0.25) is 0 Å². The fourth-order valence-electron chi connectivity index (χ4n) is 1.45. The number of hydrogen-bond donors (Lipinski definition) is 0. The van der Waals surface area contributed by atoms with E-state index >= 15 is 0 Å². The van der Waals surface area contributed by atoms with Crippen LogP contribution in [-0.4, -0.2) is 13.1 Å². The number of halogens is 1. The maximum atomic E-state index is 11.6. The van der Waals surface area contributed by atoms with E-state index in [-0.39, 0.29) is 0 Å². The molecule has 19 heavy (non-hydrogen) atoms. The van der Waals surface area contributed by atoms with Crippen molar-refractivity contribution in [3.05, 3.63) is 64.9 Å². The van der Waals surface area contributed by atoms with Gasteiger partial charge in [-0.1, -0.05) is 19.2 Å². The lowest BCUT2D eigenvalue weighted by molar-refractivity contribution is 0.0599. The van der Waals surface area contributed by atoms with Crippen LogP contribution in [0.1, 0.15) is 15.9 Å². The molecule has 0 aliphatic carbocycles. The van der Waals surface area contributed by atoms with Crippen LogP contribution in [0.4, 0.5) is 0 Å². The summed E-state index contributed by atoms with van der Waals surface area (Å²) in [7, 11) is 1.34. The molecule has 0 saturated heterocycles. The van der Waals surface area contributed by atoms with Crippen molar-refractivity contribution >= 4 is 21.9 Å². The van der Waals surface area contributed by atoms with Gasteiger partial charge in [-0.25, -0.2) is 4.79 Å². The van der Waals surface area contributed by atoms with E-state index in [1.165, 1.54) is 7.11 Å². The van der Waals surface area contributed by atoms with Crippen molar-refractivity contribution in [2.45, 2.75) is 6.92 Å². The Labute approximate surface area is 121 Å². The van der Waals surface area contributed by atoms with Crippen LogP contribution in [0.15, 0.2) is 53.8 Å². The predicted molar refractivity (Wildman–Crippen MR) is 79.3 cm³/mol. The third-order valence-corrected chi connectivity index (χ3v) is 3.02. The summed E-state index contributed by atoms with van der Waals surface area (Å²) in [4.78, 5) is 11.6. The predicted octanol–water partition coefficient (Wildman–Crippen LogP) is 4.18. The Hall–Kier alpha value is -1.81. The van der Waals surface area contributed by atoms with Crippen LogP contribution < -0.4 is 4.74 Å². The molecule has 0 atom stereocenters. The molecule has 0 spiro atoms. The second kappa shape index (κ2) is 6.95. The summed E-state index contributed by atoms with van der Waals surface area (Å²) in [5.74, 6) is 0.650. The molecule has 0 aliphatic heterocycles. The van der Waals surface area contributed by atoms with Crippen molar-refractivity contribution in [3.63, 3.8) is 0 Å². The molecule has 0 saturated carbocycles. The van der Waals surface area contributed by atoms with Crippen LogP contribution >= 0.6 is 15.9 Å². The van der Waals surface area contributed by atoms with Crippen LogP contribution in [0.2, 0.25) is 0 Å². The van der Waals surface area contributed by atoms with E-state index in [4.69, 9.17) is 9.47 Å². The van der Waals surface area contributed by atoms with Gasteiger partial charge in [0.05, 0.1) is 17.1 Å². The molecule has 1 aromatic rings. The number of hydrogen-bond acceptors (Lipinski definition) is 3. The second-order valence-corrected chi connectivity index (χ2v) is 4.55. The van der Waals surface area contributed by atoms with Crippen molar-refractivity contribution in [1.29, 1.82) is 0 Å². The third kappa shape index (κ3) is 3.83. The first-order valence-corrected chi connectivity index (χ1v) is 6.34. The van der Waals surface area contributed by atoms with E-state index in [1.54, 1.807) is 30.4 Å². The molecular formula is C15H15BrO3. The highest BCUT2D eigenvalue weighted by Crippen LogP contribution is 2.30. The normalized spacial score (nSPS) is 10.8. The SMILES string of the molecule is C=C/C=C(\C=C)Oc1cc(C(=O)OC)c(C)cc1Br. The third-order valence-electron chi connectivity index (χ3n) is 2.40. The molecule has 4 heteroatoms. The summed E-state index contributed by atoms with van der Waals surface area (Å²) in [6.07, 6.45) is 4.84. The fourth-order valence-corrected chi connectivity index (χ4v) is 1.99. The van der Waals surface area contributed by atoms with E-state index in [0.717, 1.165) is 10.0 Å². The average molecular weight is 323 g/mol. The maximum Gasteiger partial charge on any atom is 0.338 e.